The van der Waals surface area contributed by atoms with Gasteiger partial charge < -0.3 is 9.11 Å². The second-order valence-electron chi connectivity index (χ2n) is 10.6. The average molecular weight is 660 g/mol. The van der Waals surface area contributed by atoms with Crippen LogP contribution in [0.1, 0.15) is 128 Å². The van der Waals surface area contributed by atoms with Crippen molar-refractivity contribution in [3.05, 3.63) is 59.7 Å². The number of hydrogen-bond acceptors (Lipinski definition) is 6. The molecule has 9 heteroatoms. The van der Waals surface area contributed by atoms with E-state index in [1.807, 2.05) is 0 Å². The van der Waals surface area contributed by atoms with Crippen molar-refractivity contribution in [1.82, 2.24) is 0 Å². The van der Waals surface area contributed by atoms with Gasteiger partial charge >= 0.3 is 19.5 Å². The third-order valence-corrected chi connectivity index (χ3v) is 8.76. The summed E-state index contributed by atoms with van der Waals surface area (Å²) in [5, 5.41) is 0. The predicted octanol–water partition coefficient (Wildman–Crippen LogP) is 8.55. The molecule has 0 bridgehead atoms. The molecule has 6 nitrogen and oxygen atoms in total. The van der Waals surface area contributed by atoms with Crippen molar-refractivity contribution >= 4 is 20.2 Å². The Morgan fingerprint density at radius 3 is 0.927 bits per heavy atom. The Morgan fingerprint density at radius 1 is 0.439 bits per heavy atom. The molecule has 0 aliphatic heterocycles. The zero-order chi connectivity index (χ0) is 29.7. The van der Waals surface area contributed by atoms with E-state index < -0.39 is 20.2 Å². The minimum atomic E-state index is -4.31. The quantitative estimate of drug-likeness (QED) is 0.0799. The zero-order valence-electron chi connectivity index (χ0n) is 25.3. The molecule has 228 valence electrons. The van der Waals surface area contributed by atoms with Gasteiger partial charge in [-0.2, -0.15) is 0 Å². The molecular formula is C32H50O6S2Zn. The summed E-state index contributed by atoms with van der Waals surface area (Å²) in [4.78, 5) is -0.283. The fourth-order valence-corrected chi connectivity index (χ4v) is 5.51. The van der Waals surface area contributed by atoms with Crippen LogP contribution in [0.15, 0.2) is 58.3 Å². The first-order chi connectivity index (χ1) is 19.1. The Labute approximate surface area is 263 Å². The van der Waals surface area contributed by atoms with Crippen LogP contribution in [-0.2, 0) is 52.6 Å². The Morgan fingerprint density at radius 2 is 0.683 bits per heavy atom. The van der Waals surface area contributed by atoms with E-state index in [1.54, 1.807) is 24.3 Å². The first-order valence-electron chi connectivity index (χ1n) is 15.2. The van der Waals surface area contributed by atoms with E-state index in [-0.39, 0.29) is 29.3 Å². The van der Waals surface area contributed by atoms with Crippen LogP contribution < -0.4 is 0 Å². The van der Waals surface area contributed by atoms with Crippen LogP contribution in [0.3, 0.4) is 0 Å². The number of unbranched alkanes of at least 4 members (excludes halogenated alkanes) is 14. The van der Waals surface area contributed by atoms with E-state index in [9.17, 15) is 25.9 Å². The Balaban J connectivity index is 0.000000762. The topological polar surface area (TPSA) is 114 Å². The van der Waals surface area contributed by atoms with Gasteiger partial charge in [0.2, 0.25) is 0 Å². The molecule has 0 atom stereocenters. The zero-order valence-corrected chi connectivity index (χ0v) is 29.9. The first kappa shape index (κ1) is 39.9. The molecular weight excluding hydrogens is 610 g/mol. The van der Waals surface area contributed by atoms with Gasteiger partial charge in [-0.15, -0.1) is 0 Å². The van der Waals surface area contributed by atoms with Gasteiger partial charge in [-0.05, 0) is 61.1 Å². The molecule has 2 aromatic carbocycles. The molecule has 2 aromatic rings. The smallest absolute Gasteiger partial charge is 0.744 e. The summed E-state index contributed by atoms with van der Waals surface area (Å²) >= 11 is 0. The van der Waals surface area contributed by atoms with Gasteiger partial charge in [-0.1, -0.05) is 128 Å². The second-order valence-corrected chi connectivity index (χ2v) is 13.4. The van der Waals surface area contributed by atoms with Crippen LogP contribution in [0, 0.1) is 0 Å². The molecule has 0 amide bonds. The summed E-state index contributed by atoms with van der Waals surface area (Å²) < 4.78 is 64.8. The molecule has 0 saturated carbocycles. The molecule has 0 heterocycles. The molecule has 0 N–H and O–H groups in total. The maximum Gasteiger partial charge on any atom is 2.00 e. The van der Waals surface area contributed by atoms with Gasteiger partial charge in [0, 0.05) is 0 Å². The van der Waals surface area contributed by atoms with Crippen molar-refractivity contribution in [2.24, 2.45) is 0 Å². The summed E-state index contributed by atoms with van der Waals surface area (Å²) in [6.45, 7) is 4.45. The van der Waals surface area contributed by atoms with Crippen LogP contribution in [0.5, 0.6) is 0 Å². The molecule has 0 aromatic heterocycles. The number of hydrogen-bond donors (Lipinski definition) is 0. The minimum Gasteiger partial charge on any atom is -0.744 e. The summed E-state index contributed by atoms with van der Waals surface area (Å²) in [5.41, 5.74) is 2.20. The second kappa shape index (κ2) is 23.4. The van der Waals surface area contributed by atoms with Gasteiger partial charge in [0.25, 0.3) is 0 Å². The Bertz CT molecular complexity index is 1020. The van der Waals surface area contributed by atoms with Crippen molar-refractivity contribution in [2.75, 3.05) is 0 Å². The van der Waals surface area contributed by atoms with Crippen LogP contribution in [0.2, 0.25) is 0 Å². The molecule has 0 radical (unpaired) electrons. The van der Waals surface area contributed by atoms with Gasteiger partial charge in [-0.3, -0.25) is 0 Å². The summed E-state index contributed by atoms with van der Waals surface area (Å²) in [7, 11) is -8.62. The molecule has 41 heavy (non-hydrogen) atoms. The van der Waals surface area contributed by atoms with E-state index in [0.717, 1.165) is 36.8 Å². The molecule has 0 saturated heterocycles. The van der Waals surface area contributed by atoms with Crippen LogP contribution in [0.4, 0.5) is 0 Å². The van der Waals surface area contributed by atoms with E-state index in [1.165, 1.54) is 114 Å². The number of benzene rings is 2. The van der Waals surface area contributed by atoms with E-state index in [2.05, 4.69) is 13.8 Å². The average Bonchev–Trinajstić information content (AvgIpc) is 2.91. The normalized spacial score (nSPS) is 11.4. The van der Waals surface area contributed by atoms with Crippen molar-refractivity contribution in [3.63, 3.8) is 0 Å². The first-order valence-corrected chi connectivity index (χ1v) is 18.0. The molecule has 0 aliphatic carbocycles. The standard InChI is InChI=1S/2C16H26O3S.Zn/c2*1-2-3-4-5-6-7-8-9-10-15-11-13-16(14-12-15)20(17,18)19;/h2*11-14H,2-10H2,1H3,(H,17,18,19);/q;;+2/p-2. The van der Waals surface area contributed by atoms with E-state index >= 15 is 0 Å². The Hall–Kier alpha value is -1.12. The van der Waals surface area contributed by atoms with Gasteiger partial charge in [0.15, 0.2) is 0 Å². The fourth-order valence-electron chi connectivity index (χ4n) is 4.57. The summed E-state index contributed by atoms with van der Waals surface area (Å²) in [6, 6.07) is 12.6. The van der Waals surface area contributed by atoms with Gasteiger partial charge in [0.05, 0.1) is 9.79 Å². The maximum absolute atomic E-state index is 10.8. The summed E-state index contributed by atoms with van der Waals surface area (Å²) in [5.74, 6) is 0. The van der Waals surface area contributed by atoms with Gasteiger partial charge in [-0.25, -0.2) is 16.8 Å². The van der Waals surface area contributed by atoms with Crippen LogP contribution in [0.25, 0.3) is 0 Å². The van der Waals surface area contributed by atoms with Gasteiger partial charge in [0.1, 0.15) is 20.2 Å². The maximum atomic E-state index is 10.8. The molecule has 0 fully saturated rings. The van der Waals surface area contributed by atoms with Crippen molar-refractivity contribution in [1.29, 1.82) is 0 Å². The number of rotatable bonds is 20. The largest absolute Gasteiger partial charge is 2.00 e. The number of aryl methyl sites for hydroxylation is 2. The molecule has 0 spiro atoms. The SMILES string of the molecule is CCCCCCCCCCc1ccc(S(=O)(=O)[O-])cc1.CCCCCCCCCCc1ccc(S(=O)(=O)[O-])cc1.[Zn+2]. The third kappa shape index (κ3) is 20.4. The summed E-state index contributed by atoms with van der Waals surface area (Å²) in [6.07, 6.45) is 22.4. The molecule has 2 rings (SSSR count). The van der Waals surface area contributed by atoms with E-state index in [0.29, 0.717) is 0 Å². The van der Waals surface area contributed by atoms with Crippen LogP contribution in [-0.4, -0.2) is 25.9 Å². The van der Waals surface area contributed by atoms with Crippen molar-refractivity contribution < 1.29 is 45.4 Å². The third-order valence-electron chi connectivity index (χ3n) is 7.06. The van der Waals surface area contributed by atoms with Crippen LogP contribution >= 0.6 is 0 Å². The Kier molecular flexibility index (Phi) is 22.7. The molecule has 0 unspecified atom stereocenters. The molecule has 0 aliphatic rings. The fraction of sp³-hybridized carbons (Fsp3) is 0.625. The van der Waals surface area contributed by atoms with Crippen molar-refractivity contribution in [2.45, 2.75) is 139 Å². The minimum absolute atomic E-state index is 0. The monoisotopic (exact) mass is 658 g/mol. The van der Waals surface area contributed by atoms with E-state index in [4.69, 9.17) is 0 Å². The predicted molar refractivity (Wildman–Crippen MR) is 161 cm³/mol. The van der Waals surface area contributed by atoms with Crippen molar-refractivity contribution in [3.8, 4) is 0 Å².